The lowest BCUT2D eigenvalue weighted by Gasteiger charge is -2.21. The van der Waals surface area contributed by atoms with Gasteiger partial charge >= 0.3 is 0 Å². The summed E-state index contributed by atoms with van der Waals surface area (Å²) in [5.74, 6) is -0.107. The number of fused-ring (bicyclic) bond motifs is 1. The zero-order valence-electron chi connectivity index (χ0n) is 13.9. The predicted octanol–water partition coefficient (Wildman–Crippen LogP) is 3.80. The second kappa shape index (κ2) is 6.72. The van der Waals surface area contributed by atoms with Gasteiger partial charge in [-0.15, -0.1) is 16.9 Å². The molecule has 0 N–H and O–H groups in total. The van der Waals surface area contributed by atoms with Gasteiger partial charge in [0.1, 0.15) is 0 Å². The maximum Gasteiger partial charge on any atom is 0.280 e. The zero-order chi connectivity index (χ0) is 17.2. The summed E-state index contributed by atoms with van der Waals surface area (Å²) in [6, 6.07) is 17.7. The largest absolute Gasteiger partial charge is 0.306 e. The van der Waals surface area contributed by atoms with Crippen LogP contribution >= 0.6 is 11.8 Å². The Balaban J connectivity index is 1.66. The molecule has 1 unspecified atom stereocenters. The molecule has 25 heavy (non-hydrogen) atoms. The van der Waals surface area contributed by atoms with Gasteiger partial charge in [0, 0.05) is 16.7 Å². The number of hydrogen-bond acceptors (Lipinski definition) is 4. The Morgan fingerprint density at radius 1 is 1.12 bits per heavy atom. The van der Waals surface area contributed by atoms with Crippen LogP contribution in [0, 0.1) is 0 Å². The van der Waals surface area contributed by atoms with Crippen molar-refractivity contribution in [3.63, 3.8) is 0 Å². The number of rotatable bonds is 2. The van der Waals surface area contributed by atoms with Crippen LogP contribution in [-0.2, 0) is 0 Å². The summed E-state index contributed by atoms with van der Waals surface area (Å²) in [4.78, 5) is 16.0. The summed E-state index contributed by atoms with van der Waals surface area (Å²) < 4.78 is 1.63. The van der Waals surface area contributed by atoms with Crippen LogP contribution in [0.15, 0.2) is 65.7 Å². The summed E-state index contributed by atoms with van der Waals surface area (Å²) in [6.07, 6.45) is 2.64. The second-order valence-corrected chi connectivity index (χ2v) is 7.51. The summed E-state index contributed by atoms with van der Waals surface area (Å²) in [5, 5.41) is 8.69. The van der Waals surface area contributed by atoms with E-state index in [4.69, 9.17) is 0 Å². The highest BCUT2D eigenvalue weighted by Crippen LogP contribution is 2.37. The Morgan fingerprint density at radius 3 is 2.72 bits per heavy atom. The fourth-order valence-electron chi connectivity index (χ4n) is 2.90. The number of carbonyl (C=O) groups excluding carboxylic acids is 1. The molecule has 0 fully saturated rings. The zero-order valence-corrected chi connectivity index (χ0v) is 14.7. The first-order valence-electron chi connectivity index (χ1n) is 8.28. The first-order valence-corrected chi connectivity index (χ1v) is 9.15. The van der Waals surface area contributed by atoms with Gasteiger partial charge < -0.3 is 4.90 Å². The lowest BCUT2D eigenvalue weighted by Crippen LogP contribution is -2.32. The van der Waals surface area contributed by atoms with Crippen LogP contribution in [0.25, 0.3) is 5.69 Å². The Morgan fingerprint density at radius 2 is 1.88 bits per heavy atom. The van der Waals surface area contributed by atoms with E-state index < -0.39 is 0 Å². The van der Waals surface area contributed by atoms with E-state index in [0.717, 1.165) is 22.7 Å². The number of benzene rings is 2. The van der Waals surface area contributed by atoms with Gasteiger partial charge in [-0.05, 0) is 30.7 Å². The molecule has 4 rings (SSSR count). The summed E-state index contributed by atoms with van der Waals surface area (Å²) in [7, 11) is 0. The van der Waals surface area contributed by atoms with Crippen molar-refractivity contribution in [2.45, 2.75) is 23.5 Å². The maximum atomic E-state index is 13.1. The van der Waals surface area contributed by atoms with Crippen molar-refractivity contribution in [3.05, 3.63) is 66.5 Å². The Hall–Kier alpha value is -2.60. The number of nitrogens with zero attached hydrogens (tertiary/aromatic N) is 4. The smallest absolute Gasteiger partial charge is 0.280 e. The summed E-state index contributed by atoms with van der Waals surface area (Å²) >= 11 is 1.82. The van der Waals surface area contributed by atoms with Crippen molar-refractivity contribution < 1.29 is 4.79 Å². The third-order valence-corrected chi connectivity index (χ3v) is 5.46. The highest BCUT2D eigenvalue weighted by molar-refractivity contribution is 8.00. The van der Waals surface area contributed by atoms with E-state index in [1.54, 1.807) is 10.9 Å². The maximum absolute atomic E-state index is 13.1. The molecule has 1 amide bonds. The third kappa shape index (κ3) is 3.17. The van der Waals surface area contributed by atoms with Crippen molar-refractivity contribution in [2.75, 3.05) is 11.4 Å². The molecule has 0 bridgehead atoms. The van der Waals surface area contributed by atoms with Crippen LogP contribution in [0.5, 0.6) is 0 Å². The van der Waals surface area contributed by atoms with Crippen LogP contribution in [0.3, 0.4) is 0 Å². The number of aromatic nitrogens is 3. The quantitative estimate of drug-likeness (QED) is 0.705. The minimum Gasteiger partial charge on any atom is -0.306 e. The fraction of sp³-hybridized carbons (Fsp3) is 0.211. The molecule has 2 heterocycles. The molecule has 6 heteroatoms. The molecular weight excluding hydrogens is 332 g/mol. The number of para-hydroxylation sites is 2. The van der Waals surface area contributed by atoms with Gasteiger partial charge in [-0.2, -0.15) is 0 Å². The van der Waals surface area contributed by atoms with Gasteiger partial charge in [-0.1, -0.05) is 42.5 Å². The van der Waals surface area contributed by atoms with E-state index in [0.29, 0.717) is 17.5 Å². The molecule has 2 aromatic carbocycles. The lowest BCUT2D eigenvalue weighted by atomic mass is 10.2. The van der Waals surface area contributed by atoms with Gasteiger partial charge in [-0.25, -0.2) is 4.68 Å². The number of anilines is 1. The van der Waals surface area contributed by atoms with Gasteiger partial charge in [0.05, 0.1) is 17.6 Å². The predicted molar refractivity (Wildman–Crippen MR) is 99.4 cm³/mol. The van der Waals surface area contributed by atoms with Crippen molar-refractivity contribution in [2.24, 2.45) is 0 Å². The average molecular weight is 350 g/mol. The van der Waals surface area contributed by atoms with Crippen LogP contribution in [-0.4, -0.2) is 32.7 Å². The van der Waals surface area contributed by atoms with Crippen LogP contribution in [0.1, 0.15) is 23.8 Å². The van der Waals surface area contributed by atoms with Gasteiger partial charge in [-0.3, -0.25) is 4.79 Å². The number of hydrogen-bond donors (Lipinski definition) is 0. The van der Waals surface area contributed by atoms with E-state index in [1.165, 1.54) is 0 Å². The average Bonchev–Trinajstić information content (AvgIpc) is 3.07. The van der Waals surface area contributed by atoms with E-state index >= 15 is 0 Å². The highest BCUT2D eigenvalue weighted by Gasteiger charge is 2.26. The lowest BCUT2D eigenvalue weighted by molar-refractivity contribution is 0.0981. The molecule has 5 nitrogen and oxygen atoms in total. The van der Waals surface area contributed by atoms with Crippen LogP contribution < -0.4 is 4.90 Å². The van der Waals surface area contributed by atoms with Crippen molar-refractivity contribution in [1.82, 2.24) is 15.0 Å². The topological polar surface area (TPSA) is 51.0 Å². The molecule has 1 aliphatic heterocycles. The minimum atomic E-state index is -0.107. The van der Waals surface area contributed by atoms with Crippen molar-refractivity contribution >= 4 is 23.4 Å². The standard InChI is InChI=1S/C19H18N4OS/c1-14-11-12-22(17-9-5-6-10-18(17)25-14)19(24)16-13-23(21-20-16)15-7-3-2-4-8-15/h2-10,13-14H,11-12H2,1H3. The molecule has 126 valence electrons. The second-order valence-electron chi connectivity index (χ2n) is 6.03. The van der Waals surface area contributed by atoms with E-state index in [1.807, 2.05) is 65.2 Å². The minimum absolute atomic E-state index is 0.107. The highest BCUT2D eigenvalue weighted by atomic mass is 32.2. The molecule has 0 saturated heterocycles. The normalized spacial score (nSPS) is 17.0. The number of carbonyl (C=O) groups is 1. The summed E-state index contributed by atoms with van der Waals surface area (Å²) in [6.45, 7) is 2.88. The van der Waals surface area contributed by atoms with Gasteiger partial charge in [0.2, 0.25) is 0 Å². The van der Waals surface area contributed by atoms with E-state index in [9.17, 15) is 4.79 Å². The summed E-state index contributed by atoms with van der Waals surface area (Å²) in [5.41, 5.74) is 2.20. The van der Waals surface area contributed by atoms with Gasteiger partial charge in [0.25, 0.3) is 5.91 Å². The van der Waals surface area contributed by atoms with Crippen molar-refractivity contribution in [3.8, 4) is 5.69 Å². The fourth-order valence-corrected chi connectivity index (χ4v) is 4.02. The molecule has 1 aliphatic rings. The van der Waals surface area contributed by atoms with Crippen molar-refractivity contribution in [1.29, 1.82) is 0 Å². The molecule has 0 spiro atoms. The van der Waals surface area contributed by atoms with E-state index in [-0.39, 0.29) is 5.91 Å². The Bertz CT molecular complexity index is 893. The molecule has 3 aromatic rings. The van der Waals surface area contributed by atoms with Gasteiger partial charge in [0.15, 0.2) is 5.69 Å². The Kier molecular flexibility index (Phi) is 4.28. The number of thioether (sulfide) groups is 1. The first-order chi connectivity index (χ1) is 12.2. The molecule has 1 atom stereocenters. The monoisotopic (exact) mass is 350 g/mol. The molecule has 0 saturated carbocycles. The van der Waals surface area contributed by atoms with E-state index in [2.05, 4.69) is 23.3 Å². The molecule has 0 aliphatic carbocycles. The molecule has 0 radical (unpaired) electrons. The first kappa shape index (κ1) is 15.9. The van der Waals surface area contributed by atoms with Crippen LogP contribution in [0.2, 0.25) is 0 Å². The third-order valence-electron chi connectivity index (χ3n) is 4.22. The number of amides is 1. The Labute approximate surface area is 150 Å². The molecule has 1 aromatic heterocycles. The SMILES string of the molecule is CC1CCN(C(=O)c2cn(-c3ccccc3)nn2)c2ccccc2S1. The van der Waals surface area contributed by atoms with Crippen LogP contribution in [0.4, 0.5) is 5.69 Å². The molecular formula is C19H18N4OS.